The fourth-order valence-electron chi connectivity index (χ4n) is 4.31. The number of para-hydroxylation sites is 1. The van der Waals surface area contributed by atoms with Gasteiger partial charge in [-0.25, -0.2) is 8.42 Å². The van der Waals surface area contributed by atoms with Crippen LogP contribution in [-0.4, -0.2) is 43.8 Å². The predicted octanol–water partition coefficient (Wildman–Crippen LogP) is 3.81. The van der Waals surface area contributed by atoms with Crippen LogP contribution in [0.2, 0.25) is 0 Å². The van der Waals surface area contributed by atoms with Crippen LogP contribution in [-0.2, 0) is 32.3 Å². The van der Waals surface area contributed by atoms with Crippen molar-refractivity contribution in [3.8, 4) is 11.5 Å². The number of anilines is 1. The Morgan fingerprint density at radius 3 is 2.39 bits per heavy atom. The zero-order valence-corrected chi connectivity index (χ0v) is 22.1. The second kappa shape index (κ2) is 11.1. The lowest BCUT2D eigenvalue weighted by Crippen LogP contribution is -2.45. The van der Waals surface area contributed by atoms with Gasteiger partial charge >= 0.3 is 5.97 Å². The number of ether oxygens (including phenoxy) is 2. The molecule has 0 aliphatic carbocycles. The van der Waals surface area contributed by atoms with Crippen LogP contribution in [0.5, 0.6) is 11.5 Å². The lowest BCUT2D eigenvalue weighted by atomic mass is 10.1. The highest BCUT2D eigenvalue weighted by Crippen LogP contribution is 2.35. The molecule has 2 atom stereocenters. The van der Waals surface area contributed by atoms with Crippen LogP contribution in [0.15, 0.2) is 76.5 Å². The van der Waals surface area contributed by atoms with Gasteiger partial charge in [0.15, 0.2) is 6.23 Å². The van der Waals surface area contributed by atoms with Crippen LogP contribution in [0.4, 0.5) is 5.69 Å². The Morgan fingerprint density at radius 2 is 1.71 bits per heavy atom. The van der Waals surface area contributed by atoms with Gasteiger partial charge in [-0.2, -0.15) is 0 Å². The number of rotatable bonds is 10. The van der Waals surface area contributed by atoms with Crippen LogP contribution in [0, 0.1) is 0 Å². The molecule has 3 N–H and O–H groups in total. The summed E-state index contributed by atoms with van der Waals surface area (Å²) < 4.78 is 38.3. The van der Waals surface area contributed by atoms with Gasteiger partial charge in [0.25, 0.3) is 0 Å². The number of carboxylic acids is 1. The molecule has 0 saturated heterocycles. The molecule has 0 radical (unpaired) electrons. The summed E-state index contributed by atoms with van der Waals surface area (Å²) in [7, 11) is -3.84. The van der Waals surface area contributed by atoms with Crippen molar-refractivity contribution in [2.75, 3.05) is 5.32 Å². The molecule has 0 spiro atoms. The first-order chi connectivity index (χ1) is 18.0. The summed E-state index contributed by atoms with van der Waals surface area (Å²) in [5.41, 5.74) is 1.60. The van der Waals surface area contributed by atoms with E-state index >= 15 is 0 Å². The van der Waals surface area contributed by atoms with E-state index in [0.29, 0.717) is 28.3 Å². The zero-order chi connectivity index (χ0) is 27.4. The molecule has 0 bridgehead atoms. The van der Waals surface area contributed by atoms with Crippen molar-refractivity contribution in [2.24, 2.45) is 0 Å². The summed E-state index contributed by atoms with van der Waals surface area (Å²) in [5, 5.41) is 15.0. The summed E-state index contributed by atoms with van der Waals surface area (Å²) in [4.78, 5) is 24.4. The molecule has 200 valence electrons. The number of aliphatic carboxylic acids is 1. The molecule has 1 aliphatic heterocycles. The quantitative estimate of drug-likeness (QED) is 0.332. The molecule has 1 aliphatic rings. The van der Waals surface area contributed by atoms with Crippen molar-refractivity contribution >= 4 is 27.4 Å². The van der Waals surface area contributed by atoms with Crippen molar-refractivity contribution in [3.63, 3.8) is 0 Å². The highest BCUT2D eigenvalue weighted by atomic mass is 32.2. The van der Waals surface area contributed by atoms with E-state index in [0.717, 1.165) is 0 Å². The summed E-state index contributed by atoms with van der Waals surface area (Å²) in [6.07, 6.45) is -0.816. The Morgan fingerprint density at radius 1 is 1.00 bits per heavy atom. The van der Waals surface area contributed by atoms with E-state index < -0.39 is 28.1 Å². The molecule has 0 fully saturated rings. The van der Waals surface area contributed by atoms with Gasteiger partial charge in [0.1, 0.15) is 17.5 Å². The lowest BCUT2D eigenvalue weighted by molar-refractivity contribution is -0.136. The number of nitrogens with one attached hydrogen (secondary N) is 2. The van der Waals surface area contributed by atoms with E-state index in [4.69, 9.17) is 14.6 Å². The van der Waals surface area contributed by atoms with E-state index in [1.807, 2.05) is 13.8 Å². The third kappa shape index (κ3) is 6.08. The summed E-state index contributed by atoms with van der Waals surface area (Å²) in [5.74, 6) is -0.416. The van der Waals surface area contributed by atoms with Gasteiger partial charge < -0.3 is 25.2 Å². The molecule has 4 rings (SSSR count). The number of hydrogen-bond donors (Lipinski definition) is 3. The Labute approximate surface area is 221 Å². The first-order valence-corrected chi connectivity index (χ1v) is 13.7. The molecule has 1 heterocycles. The molecule has 1 amide bonds. The fraction of sp³-hybridized carbons (Fsp3) is 0.286. The van der Waals surface area contributed by atoms with Crippen molar-refractivity contribution in [3.05, 3.63) is 77.9 Å². The first-order valence-electron chi connectivity index (χ1n) is 12.2. The van der Waals surface area contributed by atoms with Crippen LogP contribution in [0.3, 0.4) is 0 Å². The molecule has 2 unspecified atom stereocenters. The minimum Gasteiger partial charge on any atom is -0.491 e. The molecule has 3 aromatic carbocycles. The fourth-order valence-corrected chi connectivity index (χ4v) is 5.83. The maximum Gasteiger partial charge on any atom is 0.307 e. The van der Waals surface area contributed by atoms with Crippen LogP contribution in [0.25, 0.3) is 0 Å². The number of amides is 1. The van der Waals surface area contributed by atoms with Gasteiger partial charge in [-0.3, -0.25) is 9.59 Å². The Hall–Kier alpha value is -4.05. The van der Waals surface area contributed by atoms with E-state index in [-0.39, 0.29) is 34.6 Å². The number of benzene rings is 3. The molecule has 3 aromatic rings. The Balaban J connectivity index is 1.46. The Kier molecular flexibility index (Phi) is 7.91. The molecule has 10 heteroatoms. The maximum atomic E-state index is 13.5. The molecule has 0 aromatic heterocycles. The third-order valence-corrected chi connectivity index (χ3v) is 7.80. The normalized spacial score (nSPS) is 15.3. The van der Waals surface area contributed by atoms with Crippen molar-refractivity contribution in [2.45, 2.75) is 61.8 Å². The number of sulfone groups is 1. The summed E-state index contributed by atoms with van der Waals surface area (Å²) in [6, 6.07) is 17.2. The number of fused-ring (bicyclic) bond motifs is 1. The van der Waals surface area contributed by atoms with Crippen molar-refractivity contribution < 1.29 is 32.6 Å². The minimum absolute atomic E-state index is 0.0309. The number of carbonyl (C=O) groups excluding carboxylic acids is 1. The monoisotopic (exact) mass is 538 g/mol. The van der Waals surface area contributed by atoms with Gasteiger partial charge in [-0.05, 0) is 68.8 Å². The van der Waals surface area contributed by atoms with E-state index in [2.05, 4.69) is 10.6 Å². The van der Waals surface area contributed by atoms with Gasteiger partial charge in [-0.15, -0.1) is 0 Å². The predicted molar refractivity (Wildman–Crippen MR) is 141 cm³/mol. The van der Waals surface area contributed by atoms with Gasteiger partial charge in [-0.1, -0.05) is 24.3 Å². The molecular formula is C28H30N2O7S. The van der Waals surface area contributed by atoms with E-state index in [9.17, 15) is 18.0 Å². The molecule has 0 saturated carbocycles. The third-order valence-electron chi connectivity index (χ3n) is 5.95. The highest BCUT2D eigenvalue weighted by molar-refractivity contribution is 7.91. The molecule has 38 heavy (non-hydrogen) atoms. The average Bonchev–Trinajstić information content (AvgIpc) is 3.29. The highest BCUT2D eigenvalue weighted by Gasteiger charge is 2.33. The van der Waals surface area contributed by atoms with Gasteiger partial charge in [0.2, 0.25) is 15.7 Å². The first kappa shape index (κ1) is 27.0. The average molecular weight is 539 g/mol. The molecule has 9 nitrogen and oxygen atoms in total. The second-order valence-corrected chi connectivity index (χ2v) is 11.2. The van der Waals surface area contributed by atoms with E-state index in [1.165, 1.54) is 12.1 Å². The topological polar surface area (TPSA) is 131 Å². The van der Waals surface area contributed by atoms with Crippen LogP contribution in [0.1, 0.15) is 31.9 Å². The molecular weight excluding hydrogens is 508 g/mol. The lowest BCUT2D eigenvalue weighted by Gasteiger charge is -2.20. The number of carbonyl (C=O) groups is 2. The standard InChI is InChI=1S/C28H30N2O7S/c1-17(2)36-20-11-13-21(14-12-20)38(34,35)26-10-6-8-23-22(26)16-24(30-23)28(33)29-18(3)37-25-9-5-4-7-19(25)15-27(31)32/h4-14,17-18,24,30H,15-16H2,1-3H3,(H,29,33)(H,31,32). The SMILES string of the molecule is CC(C)Oc1ccc(S(=O)(=O)c2cccc3c2CC(C(=O)NC(C)Oc2ccccc2CC(=O)O)N3)cc1. The minimum atomic E-state index is -3.84. The summed E-state index contributed by atoms with van der Waals surface area (Å²) in [6.45, 7) is 5.42. The summed E-state index contributed by atoms with van der Waals surface area (Å²) >= 11 is 0. The van der Waals surface area contributed by atoms with Crippen molar-refractivity contribution in [1.82, 2.24) is 5.32 Å². The van der Waals surface area contributed by atoms with E-state index in [1.54, 1.807) is 61.5 Å². The zero-order valence-electron chi connectivity index (χ0n) is 21.3. The number of carboxylic acid groups (broad SMARTS) is 1. The van der Waals surface area contributed by atoms with Gasteiger partial charge in [0.05, 0.1) is 22.3 Å². The van der Waals surface area contributed by atoms with Crippen molar-refractivity contribution in [1.29, 1.82) is 0 Å². The number of hydrogen-bond acceptors (Lipinski definition) is 7. The Bertz CT molecular complexity index is 1440. The van der Waals surface area contributed by atoms with Crippen LogP contribution >= 0.6 is 0 Å². The van der Waals surface area contributed by atoms with Gasteiger partial charge in [0, 0.05) is 17.7 Å². The largest absolute Gasteiger partial charge is 0.491 e. The van der Waals surface area contributed by atoms with Crippen LogP contribution < -0.4 is 20.1 Å². The second-order valence-electron chi connectivity index (χ2n) is 9.27. The smallest absolute Gasteiger partial charge is 0.307 e. The maximum absolute atomic E-state index is 13.5.